The van der Waals surface area contributed by atoms with Gasteiger partial charge in [0, 0.05) is 0 Å². The summed E-state index contributed by atoms with van der Waals surface area (Å²) < 4.78 is 0. The van der Waals surface area contributed by atoms with Crippen molar-refractivity contribution >= 4 is 0 Å². The lowest BCUT2D eigenvalue weighted by atomic mass is 10.1. The number of hydrogen-bond donors (Lipinski definition) is 0. The summed E-state index contributed by atoms with van der Waals surface area (Å²) in [7, 11) is 0. The van der Waals surface area contributed by atoms with Crippen LogP contribution in [0.15, 0.2) is 142 Å². The molecule has 0 aromatic rings. The maximum absolute atomic E-state index is 2.39. The summed E-state index contributed by atoms with van der Waals surface area (Å²) in [5.41, 5.74) is 10.8. The van der Waals surface area contributed by atoms with Crippen LogP contribution in [0.4, 0.5) is 0 Å². The first-order valence-corrected chi connectivity index (χ1v) is 15.0. The molecule has 0 aromatic heterocycles. The Morgan fingerprint density at radius 1 is 0.350 bits per heavy atom. The van der Waals surface area contributed by atoms with Crippen molar-refractivity contribution in [3.8, 4) is 0 Å². The van der Waals surface area contributed by atoms with Crippen molar-refractivity contribution in [2.45, 2.75) is 108 Å². The minimum atomic E-state index is 1.11. The van der Waals surface area contributed by atoms with Crippen molar-refractivity contribution in [2.75, 3.05) is 0 Å². The lowest BCUT2D eigenvalue weighted by Gasteiger charge is -2.00. The van der Waals surface area contributed by atoms with Gasteiger partial charge in [0.15, 0.2) is 0 Å². The highest BCUT2D eigenvalue weighted by Crippen LogP contribution is 2.12. The molecular weight excluding hydrogens is 480 g/mol. The van der Waals surface area contributed by atoms with E-state index in [1.165, 1.54) is 51.0 Å². The lowest BCUT2D eigenvalue weighted by Crippen LogP contribution is -1.80. The summed E-state index contributed by atoms with van der Waals surface area (Å²) >= 11 is 0. The van der Waals surface area contributed by atoms with E-state index >= 15 is 0 Å². The van der Waals surface area contributed by atoms with E-state index in [4.69, 9.17) is 0 Å². The minimum Gasteiger partial charge on any atom is -0.0856 e. The second-order valence-corrected chi connectivity index (χ2v) is 11.4. The Labute approximate surface area is 249 Å². The zero-order valence-electron chi connectivity index (χ0n) is 27.5. The fraction of sp³-hybridized carbons (Fsp3) is 0.400. The molecule has 0 aliphatic carbocycles. The molecule has 0 aromatic carbocycles. The van der Waals surface area contributed by atoms with Crippen molar-refractivity contribution in [3.63, 3.8) is 0 Å². The van der Waals surface area contributed by atoms with Crippen LogP contribution in [0.3, 0.4) is 0 Å². The molecule has 0 aliphatic rings. The van der Waals surface area contributed by atoms with Gasteiger partial charge in [0.05, 0.1) is 0 Å². The van der Waals surface area contributed by atoms with E-state index < -0.39 is 0 Å². The Balaban J connectivity index is 4.60. The molecule has 0 bridgehead atoms. The number of rotatable bonds is 17. The second-order valence-electron chi connectivity index (χ2n) is 11.4. The van der Waals surface area contributed by atoms with Crippen LogP contribution in [0.1, 0.15) is 108 Å². The molecule has 0 heteroatoms. The molecule has 0 unspecified atom stereocenters. The average molecular weight is 539 g/mol. The first-order valence-electron chi connectivity index (χ1n) is 15.0. The standard InChI is InChI=1S/C40H58/c1-33(2)19-13-23-37(7)27-17-31-39(9)29-15-25-35(5)21-11-12-22-36(6)26-16-30-40(10)32-18-28-38(8)24-14-20-34(3)4/h11-12,15-17,19-22,25-31H,13-14,18,23-24,32H2,1-10H3/b12-11+,25-15+,26-16+,31-17-,35-21+,36-22+,37-27+,38-28+,39-29-,40-30+. The molecule has 0 heterocycles. The van der Waals surface area contributed by atoms with Gasteiger partial charge < -0.3 is 0 Å². The van der Waals surface area contributed by atoms with Gasteiger partial charge in [0.2, 0.25) is 0 Å². The molecular formula is C40H58. The largest absolute Gasteiger partial charge is 0.0856 e. The van der Waals surface area contributed by atoms with Gasteiger partial charge in [-0.3, -0.25) is 0 Å². The Kier molecular flexibility index (Phi) is 21.9. The summed E-state index contributed by atoms with van der Waals surface area (Å²) in [6, 6.07) is 0. The van der Waals surface area contributed by atoms with E-state index in [0.717, 1.165) is 32.1 Å². The molecule has 0 aliphatic heterocycles. The Morgan fingerprint density at radius 3 is 1.07 bits per heavy atom. The van der Waals surface area contributed by atoms with Crippen molar-refractivity contribution < 1.29 is 0 Å². The molecule has 0 radical (unpaired) electrons. The van der Waals surface area contributed by atoms with E-state index in [1.807, 2.05) is 0 Å². The van der Waals surface area contributed by atoms with E-state index in [0.29, 0.717) is 0 Å². The predicted molar refractivity (Wildman–Crippen MR) is 186 cm³/mol. The zero-order valence-corrected chi connectivity index (χ0v) is 27.5. The van der Waals surface area contributed by atoms with Gasteiger partial charge in [0.1, 0.15) is 0 Å². The maximum Gasteiger partial charge on any atom is -0.0285 e. The molecule has 218 valence electrons. The smallest absolute Gasteiger partial charge is 0.0285 e. The van der Waals surface area contributed by atoms with Crippen LogP contribution < -0.4 is 0 Å². The van der Waals surface area contributed by atoms with Crippen molar-refractivity contribution in [2.24, 2.45) is 0 Å². The summed E-state index contributed by atoms with van der Waals surface area (Å²) in [6.45, 7) is 21.7. The fourth-order valence-electron chi connectivity index (χ4n) is 3.65. The van der Waals surface area contributed by atoms with Gasteiger partial charge in [-0.25, -0.2) is 0 Å². The van der Waals surface area contributed by atoms with Crippen LogP contribution in [-0.4, -0.2) is 0 Å². The summed E-state index contributed by atoms with van der Waals surface area (Å²) in [6.07, 6.45) is 41.8. The van der Waals surface area contributed by atoms with Crippen LogP contribution in [0.25, 0.3) is 0 Å². The summed E-state index contributed by atoms with van der Waals surface area (Å²) in [5, 5.41) is 0. The lowest BCUT2D eigenvalue weighted by molar-refractivity contribution is 0.918. The first-order chi connectivity index (χ1) is 19.0. The topological polar surface area (TPSA) is 0 Å². The molecule has 0 atom stereocenters. The van der Waals surface area contributed by atoms with Gasteiger partial charge in [-0.1, -0.05) is 142 Å². The normalized spacial score (nSPS) is 14.8. The predicted octanol–water partition coefficient (Wildman–Crippen LogP) is 13.2. The minimum absolute atomic E-state index is 1.11. The van der Waals surface area contributed by atoms with Crippen molar-refractivity contribution in [1.29, 1.82) is 0 Å². The summed E-state index contributed by atoms with van der Waals surface area (Å²) in [5.74, 6) is 0. The quantitative estimate of drug-likeness (QED) is 0.128. The first kappa shape index (κ1) is 36.9. The van der Waals surface area contributed by atoms with E-state index in [9.17, 15) is 0 Å². The van der Waals surface area contributed by atoms with Gasteiger partial charge in [-0.05, 0) is 108 Å². The van der Waals surface area contributed by atoms with Gasteiger partial charge in [-0.15, -0.1) is 0 Å². The number of hydrogen-bond acceptors (Lipinski definition) is 0. The molecule has 0 rings (SSSR count). The molecule has 0 N–H and O–H groups in total. The van der Waals surface area contributed by atoms with Gasteiger partial charge in [0.25, 0.3) is 0 Å². The highest BCUT2D eigenvalue weighted by Gasteiger charge is 1.91. The molecule has 0 spiro atoms. The van der Waals surface area contributed by atoms with E-state index in [2.05, 4.69) is 166 Å². The highest BCUT2D eigenvalue weighted by molar-refractivity contribution is 5.31. The Hall–Kier alpha value is -3.12. The second kappa shape index (κ2) is 23.7. The fourth-order valence-corrected chi connectivity index (χ4v) is 3.65. The molecule has 40 heavy (non-hydrogen) atoms. The highest BCUT2D eigenvalue weighted by atomic mass is 14.0. The zero-order chi connectivity index (χ0) is 30.2. The van der Waals surface area contributed by atoms with E-state index in [-0.39, 0.29) is 0 Å². The van der Waals surface area contributed by atoms with Crippen molar-refractivity contribution in [1.82, 2.24) is 0 Å². The molecule has 0 fully saturated rings. The summed E-state index contributed by atoms with van der Waals surface area (Å²) in [4.78, 5) is 0. The Bertz CT molecular complexity index is 1100. The SMILES string of the molecule is CC(C)=CCC/C(C)=C/C=C\C(C)=C/C=C/C(C)=C/C=C/C=C(C)/C=C/C=C(\C)CC/C=C(\C)CCC=C(C)C. The van der Waals surface area contributed by atoms with E-state index in [1.54, 1.807) is 0 Å². The van der Waals surface area contributed by atoms with Gasteiger partial charge in [-0.2, -0.15) is 0 Å². The van der Waals surface area contributed by atoms with Crippen LogP contribution in [0.5, 0.6) is 0 Å². The van der Waals surface area contributed by atoms with Crippen LogP contribution >= 0.6 is 0 Å². The van der Waals surface area contributed by atoms with Gasteiger partial charge >= 0.3 is 0 Å². The molecule has 0 saturated carbocycles. The average Bonchev–Trinajstić information content (AvgIpc) is 2.86. The molecule has 0 saturated heterocycles. The van der Waals surface area contributed by atoms with Crippen LogP contribution in [0.2, 0.25) is 0 Å². The maximum atomic E-state index is 2.39. The monoisotopic (exact) mass is 538 g/mol. The van der Waals surface area contributed by atoms with Crippen LogP contribution in [-0.2, 0) is 0 Å². The van der Waals surface area contributed by atoms with Crippen LogP contribution in [0, 0.1) is 0 Å². The third-order valence-electron chi connectivity index (χ3n) is 6.24. The molecule has 0 nitrogen and oxygen atoms in total. The van der Waals surface area contributed by atoms with Crippen molar-refractivity contribution in [3.05, 3.63) is 142 Å². The Morgan fingerprint density at radius 2 is 0.675 bits per heavy atom. The number of allylic oxidation sites excluding steroid dienone is 24. The molecule has 0 amide bonds. The third-order valence-corrected chi connectivity index (χ3v) is 6.24. The third kappa shape index (κ3) is 25.2.